The van der Waals surface area contributed by atoms with Crippen molar-refractivity contribution in [2.45, 2.75) is 0 Å². The summed E-state index contributed by atoms with van der Waals surface area (Å²) in [5.74, 6) is 0.404. The van der Waals surface area contributed by atoms with Crippen LogP contribution in [0.5, 0.6) is 0 Å². The van der Waals surface area contributed by atoms with Gasteiger partial charge < -0.3 is 11.1 Å². The Balaban J connectivity index is 1.90. The molecule has 24 heavy (non-hydrogen) atoms. The topological polar surface area (TPSA) is 74.2 Å². The van der Waals surface area contributed by atoms with Crippen LogP contribution in [0.1, 0.15) is 11.1 Å². The van der Waals surface area contributed by atoms with E-state index in [0.717, 1.165) is 22.6 Å². The third-order valence-corrected chi connectivity index (χ3v) is 3.51. The van der Waals surface area contributed by atoms with Gasteiger partial charge in [0.2, 0.25) is 0 Å². The van der Waals surface area contributed by atoms with Gasteiger partial charge in [-0.25, -0.2) is 4.99 Å². The molecule has 0 aliphatic rings. The van der Waals surface area contributed by atoms with E-state index >= 15 is 0 Å². The molecular formula is C20H16N4. The molecule has 3 rings (SSSR count). The molecule has 0 saturated heterocycles. The average Bonchev–Trinajstić information content (AvgIpc) is 2.64. The van der Waals surface area contributed by atoms with E-state index in [1.165, 1.54) is 0 Å². The van der Waals surface area contributed by atoms with Gasteiger partial charge in [0.1, 0.15) is 5.84 Å². The standard InChI is InChI=1S/C20H16N4/c21-14-15-10-12-16(13-11-15)20(22)24-19-9-5-4-8-18(19)23-17-6-2-1-3-7-17/h1-13,23H,(H2,22,24). The van der Waals surface area contributed by atoms with Gasteiger partial charge >= 0.3 is 0 Å². The molecule has 4 heteroatoms. The SMILES string of the molecule is N#Cc1ccc(C(N)=Nc2ccccc2Nc2ccccc2)cc1. The van der Waals surface area contributed by atoms with Crippen LogP contribution in [0.25, 0.3) is 0 Å². The van der Waals surface area contributed by atoms with E-state index < -0.39 is 0 Å². The molecule has 4 nitrogen and oxygen atoms in total. The molecule has 0 amide bonds. The van der Waals surface area contributed by atoms with Gasteiger partial charge in [0, 0.05) is 11.3 Å². The first-order valence-corrected chi connectivity index (χ1v) is 7.52. The molecule has 0 radical (unpaired) electrons. The normalized spacial score (nSPS) is 10.9. The van der Waals surface area contributed by atoms with Gasteiger partial charge in [-0.1, -0.05) is 30.3 Å². The lowest BCUT2D eigenvalue weighted by Gasteiger charge is -2.10. The lowest BCUT2D eigenvalue weighted by atomic mass is 10.1. The zero-order chi connectivity index (χ0) is 16.8. The Kier molecular flexibility index (Phi) is 4.55. The van der Waals surface area contributed by atoms with Gasteiger partial charge in [0.05, 0.1) is 23.0 Å². The quantitative estimate of drug-likeness (QED) is 0.556. The summed E-state index contributed by atoms with van der Waals surface area (Å²) in [7, 11) is 0. The number of nitrogens with two attached hydrogens (primary N) is 1. The second kappa shape index (κ2) is 7.12. The van der Waals surface area contributed by atoms with E-state index in [-0.39, 0.29) is 0 Å². The van der Waals surface area contributed by atoms with Crippen LogP contribution in [-0.2, 0) is 0 Å². The first-order chi connectivity index (χ1) is 11.8. The Labute approximate surface area is 140 Å². The van der Waals surface area contributed by atoms with E-state index in [1.54, 1.807) is 24.3 Å². The summed E-state index contributed by atoms with van der Waals surface area (Å²) in [5, 5.41) is 12.2. The lowest BCUT2D eigenvalue weighted by Crippen LogP contribution is -2.12. The van der Waals surface area contributed by atoms with Crippen LogP contribution >= 0.6 is 0 Å². The summed E-state index contributed by atoms with van der Waals surface area (Å²) in [6.45, 7) is 0. The molecule has 0 unspecified atom stereocenters. The zero-order valence-electron chi connectivity index (χ0n) is 13.0. The molecular weight excluding hydrogens is 296 g/mol. The van der Waals surface area contributed by atoms with E-state index in [2.05, 4.69) is 16.4 Å². The monoisotopic (exact) mass is 312 g/mol. The summed E-state index contributed by atoms with van der Waals surface area (Å²) in [6.07, 6.45) is 0. The molecule has 0 spiro atoms. The molecule has 116 valence electrons. The molecule has 0 atom stereocenters. The summed E-state index contributed by atoms with van der Waals surface area (Å²) in [5.41, 5.74) is 10.1. The second-order valence-corrected chi connectivity index (χ2v) is 5.19. The van der Waals surface area contributed by atoms with Crippen molar-refractivity contribution in [3.05, 3.63) is 90.0 Å². The van der Waals surface area contributed by atoms with Crippen LogP contribution in [0.4, 0.5) is 17.1 Å². The predicted molar refractivity (Wildman–Crippen MR) is 97.7 cm³/mol. The minimum Gasteiger partial charge on any atom is -0.383 e. The van der Waals surface area contributed by atoms with Crippen molar-refractivity contribution in [1.82, 2.24) is 0 Å². The molecule has 0 heterocycles. The number of nitrogens with one attached hydrogen (secondary N) is 1. The van der Waals surface area contributed by atoms with Crippen molar-refractivity contribution in [3.63, 3.8) is 0 Å². The van der Waals surface area contributed by atoms with E-state index in [4.69, 9.17) is 11.0 Å². The Hall–Kier alpha value is -3.58. The van der Waals surface area contributed by atoms with Crippen molar-refractivity contribution >= 4 is 22.9 Å². The molecule has 3 N–H and O–H groups in total. The maximum absolute atomic E-state index is 8.86. The van der Waals surface area contributed by atoms with Crippen molar-refractivity contribution < 1.29 is 0 Å². The summed E-state index contributed by atoms with van der Waals surface area (Å²) >= 11 is 0. The molecule has 0 aliphatic heterocycles. The number of hydrogen-bond donors (Lipinski definition) is 2. The van der Waals surface area contributed by atoms with Gasteiger partial charge in [-0.05, 0) is 48.5 Å². The van der Waals surface area contributed by atoms with Gasteiger partial charge in [0.25, 0.3) is 0 Å². The van der Waals surface area contributed by atoms with Crippen molar-refractivity contribution in [3.8, 4) is 6.07 Å². The molecule has 3 aromatic rings. The molecule has 3 aromatic carbocycles. The maximum Gasteiger partial charge on any atom is 0.131 e. The van der Waals surface area contributed by atoms with E-state index in [0.29, 0.717) is 11.4 Å². The number of nitriles is 1. The van der Waals surface area contributed by atoms with Crippen LogP contribution in [0, 0.1) is 11.3 Å². The molecule has 0 saturated carbocycles. The van der Waals surface area contributed by atoms with Crippen LogP contribution in [0.3, 0.4) is 0 Å². The van der Waals surface area contributed by atoms with Crippen molar-refractivity contribution in [2.24, 2.45) is 10.7 Å². The number of amidine groups is 1. The lowest BCUT2D eigenvalue weighted by molar-refractivity contribution is 1.42. The largest absolute Gasteiger partial charge is 0.383 e. The molecule has 0 fully saturated rings. The van der Waals surface area contributed by atoms with Gasteiger partial charge in [-0.3, -0.25) is 0 Å². The smallest absolute Gasteiger partial charge is 0.131 e. The Morgan fingerprint density at radius 2 is 1.54 bits per heavy atom. The highest BCUT2D eigenvalue weighted by atomic mass is 14.9. The van der Waals surface area contributed by atoms with Crippen LogP contribution in [0.15, 0.2) is 83.9 Å². The number of nitrogens with zero attached hydrogens (tertiary/aromatic N) is 2. The van der Waals surface area contributed by atoms with Gasteiger partial charge in [-0.2, -0.15) is 5.26 Å². The molecule has 0 aromatic heterocycles. The Morgan fingerprint density at radius 1 is 0.875 bits per heavy atom. The number of anilines is 2. The summed E-state index contributed by atoms with van der Waals surface area (Å²) in [6, 6.07) is 26.8. The van der Waals surface area contributed by atoms with E-state index in [1.807, 2.05) is 54.6 Å². The average molecular weight is 312 g/mol. The van der Waals surface area contributed by atoms with Gasteiger partial charge in [-0.15, -0.1) is 0 Å². The van der Waals surface area contributed by atoms with Crippen LogP contribution in [-0.4, -0.2) is 5.84 Å². The second-order valence-electron chi connectivity index (χ2n) is 5.19. The first-order valence-electron chi connectivity index (χ1n) is 7.52. The third kappa shape index (κ3) is 3.60. The highest BCUT2D eigenvalue weighted by molar-refractivity contribution is 6.00. The maximum atomic E-state index is 8.86. The van der Waals surface area contributed by atoms with E-state index in [9.17, 15) is 0 Å². The minimum atomic E-state index is 0.404. The van der Waals surface area contributed by atoms with Crippen molar-refractivity contribution in [2.75, 3.05) is 5.32 Å². The minimum absolute atomic E-state index is 0.404. The molecule has 0 aliphatic carbocycles. The first kappa shape index (κ1) is 15.3. The number of hydrogen-bond acceptors (Lipinski definition) is 3. The summed E-state index contributed by atoms with van der Waals surface area (Å²) < 4.78 is 0. The zero-order valence-corrected chi connectivity index (χ0v) is 13.0. The summed E-state index contributed by atoms with van der Waals surface area (Å²) in [4.78, 5) is 4.53. The van der Waals surface area contributed by atoms with Crippen molar-refractivity contribution in [1.29, 1.82) is 5.26 Å². The Morgan fingerprint density at radius 3 is 2.25 bits per heavy atom. The number of para-hydroxylation sites is 3. The third-order valence-electron chi connectivity index (χ3n) is 3.51. The number of aliphatic imine (C=N–C) groups is 1. The fourth-order valence-electron chi connectivity index (χ4n) is 2.26. The number of rotatable bonds is 4. The fourth-order valence-corrected chi connectivity index (χ4v) is 2.26. The molecule has 0 bridgehead atoms. The fraction of sp³-hybridized carbons (Fsp3) is 0. The predicted octanol–water partition coefficient (Wildman–Crippen LogP) is 4.34. The highest BCUT2D eigenvalue weighted by Gasteiger charge is 2.04. The van der Waals surface area contributed by atoms with Crippen LogP contribution < -0.4 is 11.1 Å². The van der Waals surface area contributed by atoms with Gasteiger partial charge in [0.15, 0.2) is 0 Å². The highest BCUT2D eigenvalue weighted by Crippen LogP contribution is 2.28. The number of benzene rings is 3. The van der Waals surface area contributed by atoms with Crippen LogP contribution in [0.2, 0.25) is 0 Å². The Bertz CT molecular complexity index is 891.